The van der Waals surface area contributed by atoms with Crippen LogP contribution in [0.3, 0.4) is 0 Å². The molecule has 1 aliphatic heterocycles. The highest BCUT2D eigenvalue weighted by Gasteiger charge is 2.28. The molecule has 0 saturated carbocycles. The number of aromatic nitrogens is 1. The smallest absolute Gasteiger partial charge is 0.272 e. The number of Topliss-reactive ketones (excluding diaryl/α,β-unsaturated/α-hetero) is 2. The van der Waals surface area contributed by atoms with Crippen molar-refractivity contribution in [2.75, 3.05) is 20.2 Å². The summed E-state index contributed by atoms with van der Waals surface area (Å²) in [6, 6.07) is 10.3. The number of benzene rings is 1. The topological polar surface area (TPSA) is 76.6 Å². The predicted octanol–water partition coefficient (Wildman–Crippen LogP) is 3.03. The van der Waals surface area contributed by atoms with Crippen LogP contribution in [0.4, 0.5) is 0 Å². The summed E-state index contributed by atoms with van der Waals surface area (Å²) >= 11 is 0. The van der Waals surface area contributed by atoms with Gasteiger partial charge in [0, 0.05) is 36.3 Å². The van der Waals surface area contributed by atoms with Crippen molar-refractivity contribution in [2.45, 2.75) is 19.8 Å². The summed E-state index contributed by atoms with van der Waals surface area (Å²) in [7, 11) is 1.59. The number of ether oxygens (including phenoxy) is 1. The lowest BCUT2D eigenvalue weighted by Gasteiger charge is -2.31. The Morgan fingerprint density at radius 2 is 1.63 bits per heavy atom. The van der Waals surface area contributed by atoms with Gasteiger partial charge in [-0.15, -0.1) is 0 Å². The third-order valence-corrected chi connectivity index (χ3v) is 4.92. The summed E-state index contributed by atoms with van der Waals surface area (Å²) in [6.45, 7) is 2.49. The van der Waals surface area contributed by atoms with Gasteiger partial charge in [0.25, 0.3) is 5.91 Å². The Kier molecular flexibility index (Phi) is 5.64. The van der Waals surface area contributed by atoms with Crippen molar-refractivity contribution in [2.24, 2.45) is 5.92 Å². The van der Waals surface area contributed by atoms with E-state index >= 15 is 0 Å². The summed E-state index contributed by atoms with van der Waals surface area (Å²) < 4.78 is 5.12. The van der Waals surface area contributed by atoms with Gasteiger partial charge in [-0.2, -0.15) is 0 Å². The number of ketones is 2. The monoisotopic (exact) mass is 366 g/mol. The molecular formula is C21H22N2O4. The van der Waals surface area contributed by atoms with Crippen LogP contribution in [-0.2, 0) is 0 Å². The van der Waals surface area contributed by atoms with Crippen molar-refractivity contribution < 1.29 is 19.1 Å². The average Bonchev–Trinajstić information content (AvgIpc) is 2.73. The first kappa shape index (κ1) is 18.8. The minimum absolute atomic E-state index is 0.0839. The molecule has 0 atom stereocenters. The minimum atomic E-state index is -0.166. The first-order chi connectivity index (χ1) is 13.0. The Labute approximate surface area is 158 Å². The van der Waals surface area contributed by atoms with E-state index < -0.39 is 0 Å². The van der Waals surface area contributed by atoms with E-state index in [9.17, 15) is 14.4 Å². The van der Waals surface area contributed by atoms with Crippen LogP contribution < -0.4 is 4.74 Å². The number of rotatable bonds is 5. The molecule has 6 heteroatoms. The highest BCUT2D eigenvalue weighted by Crippen LogP contribution is 2.24. The molecule has 0 aliphatic carbocycles. The first-order valence-corrected chi connectivity index (χ1v) is 8.94. The molecule has 2 heterocycles. The van der Waals surface area contributed by atoms with Gasteiger partial charge in [0.1, 0.15) is 11.4 Å². The summed E-state index contributed by atoms with van der Waals surface area (Å²) in [5, 5.41) is 0. The highest BCUT2D eigenvalue weighted by molar-refractivity contribution is 5.98. The van der Waals surface area contributed by atoms with Gasteiger partial charge in [0.05, 0.1) is 7.11 Å². The van der Waals surface area contributed by atoms with E-state index in [1.54, 1.807) is 48.4 Å². The van der Waals surface area contributed by atoms with Crippen LogP contribution >= 0.6 is 0 Å². The van der Waals surface area contributed by atoms with Crippen LogP contribution in [-0.4, -0.2) is 47.6 Å². The third kappa shape index (κ3) is 4.22. The van der Waals surface area contributed by atoms with E-state index in [0.717, 1.165) is 5.75 Å². The molecule has 27 heavy (non-hydrogen) atoms. The summed E-state index contributed by atoms with van der Waals surface area (Å²) in [5.74, 6) is 0.485. The van der Waals surface area contributed by atoms with Crippen molar-refractivity contribution >= 4 is 17.5 Å². The Morgan fingerprint density at radius 3 is 2.15 bits per heavy atom. The second-order valence-electron chi connectivity index (χ2n) is 6.65. The molecule has 140 valence electrons. The predicted molar refractivity (Wildman–Crippen MR) is 100 cm³/mol. The van der Waals surface area contributed by atoms with Gasteiger partial charge in [-0.1, -0.05) is 0 Å². The van der Waals surface area contributed by atoms with Crippen molar-refractivity contribution in [1.29, 1.82) is 0 Å². The van der Waals surface area contributed by atoms with E-state index in [1.165, 1.54) is 13.1 Å². The molecule has 0 spiro atoms. The van der Waals surface area contributed by atoms with E-state index in [4.69, 9.17) is 4.74 Å². The Bertz CT molecular complexity index is 835. The summed E-state index contributed by atoms with van der Waals surface area (Å²) in [5.41, 5.74) is 1.47. The molecule has 0 unspecified atom stereocenters. The zero-order chi connectivity index (χ0) is 19.4. The second-order valence-corrected chi connectivity index (χ2v) is 6.65. The Morgan fingerprint density at radius 1 is 1.00 bits per heavy atom. The molecule has 6 nitrogen and oxygen atoms in total. The van der Waals surface area contributed by atoms with E-state index in [0.29, 0.717) is 42.8 Å². The van der Waals surface area contributed by atoms with Crippen LogP contribution in [0, 0.1) is 5.92 Å². The van der Waals surface area contributed by atoms with Crippen LogP contribution in [0.5, 0.6) is 5.75 Å². The molecule has 1 aromatic heterocycles. The lowest BCUT2D eigenvalue weighted by molar-refractivity contribution is 0.0645. The van der Waals surface area contributed by atoms with Crippen LogP contribution in [0.2, 0.25) is 0 Å². The number of hydrogen-bond donors (Lipinski definition) is 0. The lowest BCUT2D eigenvalue weighted by Crippen LogP contribution is -2.40. The number of piperidine rings is 1. The van der Waals surface area contributed by atoms with Crippen molar-refractivity contribution in [3.8, 4) is 5.75 Å². The maximum absolute atomic E-state index is 12.7. The molecule has 3 rings (SSSR count). The van der Waals surface area contributed by atoms with Gasteiger partial charge in [-0.25, -0.2) is 0 Å². The van der Waals surface area contributed by atoms with Crippen LogP contribution in [0.1, 0.15) is 51.0 Å². The Hall–Kier alpha value is -3.02. The molecule has 1 aromatic carbocycles. The molecule has 0 bridgehead atoms. The SMILES string of the molecule is COc1ccc(C(=O)C2CCN(C(=O)c3ccc(C(C)=O)cn3)CC2)cc1. The maximum Gasteiger partial charge on any atom is 0.272 e. The molecular weight excluding hydrogens is 344 g/mol. The quantitative estimate of drug-likeness (QED) is 0.760. The van der Waals surface area contributed by atoms with Crippen molar-refractivity contribution in [3.63, 3.8) is 0 Å². The lowest BCUT2D eigenvalue weighted by atomic mass is 9.88. The van der Waals surface area contributed by atoms with E-state index in [1.807, 2.05) is 0 Å². The number of amides is 1. The van der Waals surface area contributed by atoms with Gasteiger partial charge in [0.15, 0.2) is 11.6 Å². The number of methoxy groups -OCH3 is 1. The van der Waals surface area contributed by atoms with Crippen LogP contribution in [0.25, 0.3) is 0 Å². The van der Waals surface area contributed by atoms with Gasteiger partial charge < -0.3 is 9.64 Å². The van der Waals surface area contributed by atoms with Gasteiger partial charge >= 0.3 is 0 Å². The molecule has 1 aliphatic rings. The summed E-state index contributed by atoms with van der Waals surface area (Å²) in [4.78, 5) is 42.4. The Balaban J connectivity index is 1.59. The normalized spacial score (nSPS) is 14.7. The first-order valence-electron chi connectivity index (χ1n) is 8.94. The molecule has 1 amide bonds. The number of likely N-dealkylation sites (tertiary alicyclic amines) is 1. The van der Waals surface area contributed by atoms with Gasteiger partial charge in [-0.3, -0.25) is 19.4 Å². The molecule has 1 fully saturated rings. The molecule has 0 N–H and O–H groups in total. The van der Waals surface area contributed by atoms with Gasteiger partial charge in [0.2, 0.25) is 0 Å². The fraction of sp³-hybridized carbons (Fsp3) is 0.333. The summed E-state index contributed by atoms with van der Waals surface area (Å²) in [6.07, 6.45) is 2.68. The number of pyridine rings is 1. The fourth-order valence-corrected chi connectivity index (χ4v) is 3.23. The molecule has 2 aromatic rings. The largest absolute Gasteiger partial charge is 0.497 e. The van der Waals surface area contributed by atoms with Crippen molar-refractivity contribution in [3.05, 3.63) is 59.4 Å². The molecule has 0 radical (unpaired) electrons. The minimum Gasteiger partial charge on any atom is -0.497 e. The standard InChI is InChI=1S/C21H22N2O4/c1-14(24)17-5-8-19(22-13-17)21(26)23-11-9-16(10-12-23)20(25)15-3-6-18(27-2)7-4-15/h3-8,13,16H,9-12H2,1-2H3. The van der Waals surface area contributed by atoms with Crippen LogP contribution in [0.15, 0.2) is 42.6 Å². The average molecular weight is 366 g/mol. The fourth-order valence-electron chi connectivity index (χ4n) is 3.23. The number of hydrogen-bond acceptors (Lipinski definition) is 5. The molecule has 1 saturated heterocycles. The zero-order valence-corrected chi connectivity index (χ0v) is 15.5. The third-order valence-electron chi connectivity index (χ3n) is 4.92. The number of carbonyl (C=O) groups excluding carboxylic acids is 3. The van der Waals surface area contributed by atoms with Crippen molar-refractivity contribution in [1.82, 2.24) is 9.88 Å². The highest BCUT2D eigenvalue weighted by atomic mass is 16.5. The number of carbonyl (C=O) groups is 3. The zero-order valence-electron chi connectivity index (χ0n) is 15.5. The maximum atomic E-state index is 12.7. The van der Waals surface area contributed by atoms with E-state index in [2.05, 4.69) is 4.98 Å². The van der Waals surface area contributed by atoms with E-state index in [-0.39, 0.29) is 23.4 Å². The van der Waals surface area contributed by atoms with Gasteiger partial charge in [-0.05, 0) is 56.2 Å². The second kappa shape index (κ2) is 8.12. The number of nitrogens with zero attached hydrogens (tertiary/aromatic N) is 2.